The van der Waals surface area contributed by atoms with Gasteiger partial charge in [0.05, 0.1) is 17.4 Å². The number of aromatic nitrogens is 1. The maximum absolute atomic E-state index is 12.5. The van der Waals surface area contributed by atoms with Crippen LogP contribution in [0.1, 0.15) is 16.8 Å². The normalized spacial score (nSPS) is 16.0. The second-order valence-electron chi connectivity index (χ2n) is 4.34. The number of halogens is 4. The lowest BCUT2D eigenvalue weighted by Gasteiger charge is -2.27. The van der Waals surface area contributed by atoms with E-state index in [1.807, 2.05) is 0 Å². The van der Waals surface area contributed by atoms with Crippen LogP contribution in [-0.2, 0) is 0 Å². The summed E-state index contributed by atoms with van der Waals surface area (Å²) in [6.45, 7) is -0.131. The largest absolute Gasteiger partial charge is 0.412 e. The number of carbonyl (C=O) groups is 1. The van der Waals surface area contributed by atoms with E-state index in [1.54, 1.807) is 0 Å². The Morgan fingerprint density at radius 1 is 1.45 bits per heavy atom. The molecule has 8 heteroatoms. The van der Waals surface area contributed by atoms with Gasteiger partial charge in [-0.05, 0) is 12.5 Å². The quantitative estimate of drug-likeness (QED) is 0.641. The van der Waals surface area contributed by atoms with Gasteiger partial charge >= 0.3 is 6.18 Å². The molecule has 2 rings (SSSR count). The molecule has 0 aliphatic carbocycles. The standard InChI is InChI=1S/C12H11ClF3N3O/c13-10-9(5-8(17)6-18-10)11(20)19-3-1-7(2-4-19)12(14,15)16/h1,5-6H,2-4,17H2. The third kappa shape index (κ3) is 3.04. The minimum Gasteiger partial charge on any atom is -0.397 e. The molecule has 0 spiro atoms. The van der Waals surface area contributed by atoms with Crippen molar-refractivity contribution in [3.05, 3.63) is 34.6 Å². The van der Waals surface area contributed by atoms with Crippen molar-refractivity contribution < 1.29 is 18.0 Å². The summed E-state index contributed by atoms with van der Waals surface area (Å²) in [6, 6.07) is 1.36. The molecule has 0 unspecified atom stereocenters. The van der Waals surface area contributed by atoms with E-state index in [0.29, 0.717) is 0 Å². The van der Waals surface area contributed by atoms with Gasteiger partial charge in [0.15, 0.2) is 0 Å². The highest BCUT2D eigenvalue weighted by atomic mass is 35.5. The van der Waals surface area contributed by atoms with Crippen LogP contribution in [0, 0.1) is 0 Å². The summed E-state index contributed by atoms with van der Waals surface area (Å²) in [7, 11) is 0. The van der Waals surface area contributed by atoms with E-state index in [4.69, 9.17) is 17.3 Å². The van der Waals surface area contributed by atoms with Crippen LogP contribution in [0.15, 0.2) is 23.9 Å². The highest BCUT2D eigenvalue weighted by molar-refractivity contribution is 6.32. The summed E-state index contributed by atoms with van der Waals surface area (Å²) in [4.78, 5) is 17.2. The molecule has 1 amide bonds. The molecular formula is C12H11ClF3N3O. The molecule has 2 N–H and O–H groups in total. The zero-order chi connectivity index (χ0) is 14.9. The lowest BCUT2D eigenvalue weighted by Crippen LogP contribution is -2.37. The van der Waals surface area contributed by atoms with Crippen LogP contribution in [0.3, 0.4) is 0 Å². The summed E-state index contributed by atoms with van der Waals surface area (Å²) in [6.07, 6.45) is -2.26. The molecule has 1 aliphatic rings. The van der Waals surface area contributed by atoms with E-state index >= 15 is 0 Å². The first kappa shape index (κ1) is 14.6. The third-order valence-corrected chi connectivity index (χ3v) is 3.25. The first-order valence-electron chi connectivity index (χ1n) is 5.75. The predicted molar refractivity (Wildman–Crippen MR) is 68.3 cm³/mol. The van der Waals surface area contributed by atoms with Gasteiger partial charge in [-0.25, -0.2) is 4.98 Å². The number of pyridine rings is 1. The third-order valence-electron chi connectivity index (χ3n) is 2.95. The Hall–Kier alpha value is -1.76. The molecular weight excluding hydrogens is 295 g/mol. The van der Waals surface area contributed by atoms with Gasteiger partial charge in [-0.2, -0.15) is 13.2 Å². The molecule has 1 aromatic rings. The zero-order valence-electron chi connectivity index (χ0n) is 10.2. The van der Waals surface area contributed by atoms with Crippen LogP contribution >= 0.6 is 11.6 Å². The molecule has 0 radical (unpaired) electrons. The smallest absolute Gasteiger partial charge is 0.397 e. The van der Waals surface area contributed by atoms with Crippen molar-refractivity contribution in [2.75, 3.05) is 18.8 Å². The Bertz CT molecular complexity index is 572. The van der Waals surface area contributed by atoms with Crippen LogP contribution in [-0.4, -0.2) is 35.1 Å². The van der Waals surface area contributed by atoms with E-state index in [-0.39, 0.29) is 35.9 Å². The Labute approximate surface area is 118 Å². The Morgan fingerprint density at radius 3 is 2.70 bits per heavy atom. The number of nitrogens with two attached hydrogens (primary N) is 1. The number of anilines is 1. The predicted octanol–water partition coefficient (Wildman–Crippen LogP) is 2.65. The average molecular weight is 306 g/mol. The minimum absolute atomic E-state index is 0.0185. The molecule has 0 atom stereocenters. The average Bonchev–Trinajstić information content (AvgIpc) is 2.40. The summed E-state index contributed by atoms with van der Waals surface area (Å²) in [5.41, 5.74) is 5.27. The summed E-state index contributed by atoms with van der Waals surface area (Å²) >= 11 is 5.80. The van der Waals surface area contributed by atoms with Crippen LogP contribution in [0.4, 0.5) is 18.9 Å². The first-order valence-corrected chi connectivity index (χ1v) is 6.13. The molecule has 0 saturated heterocycles. The number of amides is 1. The number of rotatable bonds is 1. The topological polar surface area (TPSA) is 59.2 Å². The fourth-order valence-electron chi connectivity index (χ4n) is 1.90. The van der Waals surface area contributed by atoms with Gasteiger partial charge in [0, 0.05) is 18.7 Å². The molecule has 1 aliphatic heterocycles. The van der Waals surface area contributed by atoms with Crippen molar-refractivity contribution in [3.8, 4) is 0 Å². The Kier molecular flexibility index (Phi) is 3.89. The van der Waals surface area contributed by atoms with Crippen molar-refractivity contribution in [3.63, 3.8) is 0 Å². The zero-order valence-corrected chi connectivity index (χ0v) is 11.0. The van der Waals surface area contributed by atoms with Gasteiger partial charge < -0.3 is 10.6 Å². The number of nitrogens with zero attached hydrogens (tertiary/aromatic N) is 2. The van der Waals surface area contributed by atoms with Crippen molar-refractivity contribution in [1.82, 2.24) is 9.88 Å². The highest BCUT2D eigenvalue weighted by Crippen LogP contribution is 2.30. The molecule has 20 heavy (non-hydrogen) atoms. The van der Waals surface area contributed by atoms with Crippen LogP contribution < -0.4 is 5.73 Å². The van der Waals surface area contributed by atoms with Gasteiger partial charge in [0.1, 0.15) is 5.15 Å². The minimum atomic E-state index is -4.34. The van der Waals surface area contributed by atoms with Gasteiger partial charge in [-0.3, -0.25) is 4.79 Å². The number of alkyl halides is 3. The van der Waals surface area contributed by atoms with Crippen molar-refractivity contribution >= 4 is 23.2 Å². The van der Waals surface area contributed by atoms with Crippen molar-refractivity contribution in [2.24, 2.45) is 0 Å². The molecule has 0 aromatic carbocycles. The monoisotopic (exact) mass is 305 g/mol. The van der Waals surface area contributed by atoms with Crippen LogP contribution in [0.2, 0.25) is 5.15 Å². The summed E-state index contributed by atoms with van der Waals surface area (Å²) in [5, 5.41) is -0.0187. The van der Waals surface area contributed by atoms with E-state index in [2.05, 4.69) is 4.98 Å². The molecule has 0 bridgehead atoms. The molecule has 4 nitrogen and oxygen atoms in total. The van der Waals surface area contributed by atoms with E-state index in [9.17, 15) is 18.0 Å². The van der Waals surface area contributed by atoms with Gasteiger partial charge in [0.2, 0.25) is 0 Å². The molecule has 0 saturated carbocycles. The van der Waals surface area contributed by atoms with Crippen molar-refractivity contribution in [2.45, 2.75) is 12.6 Å². The second kappa shape index (κ2) is 5.32. The molecule has 2 heterocycles. The van der Waals surface area contributed by atoms with Crippen LogP contribution in [0.25, 0.3) is 0 Å². The second-order valence-corrected chi connectivity index (χ2v) is 4.69. The fourth-order valence-corrected chi connectivity index (χ4v) is 2.08. The maximum atomic E-state index is 12.5. The van der Waals surface area contributed by atoms with Gasteiger partial charge in [-0.1, -0.05) is 17.7 Å². The maximum Gasteiger partial charge on any atom is 0.412 e. The molecule has 108 valence electrons. The number of nitrogen functional groups attached to an aromatic ring is 1. The molecule has 1 aromatic heterocycles. The SMILES string of the molecule is Nc1cnc(Cl)c(C(=O)N2CC=C(C(F)(F)F)CC2)c1. The summed E-state index contributed by atoms with van der Waals surface area (Å²) in [5.74, 6) is -0.479. The Morgan fingerprint density at radius 2 is 2.15 bits per heavy atom. The lowest BCUT2D eigenvalue weighted by atomic mass is 10.1. The number of hydrogen-bond acceptors (Lipinski definition) is 3. The Balaban J connectivity index is 2.17. The molecule has 0 fully saturated rings. The lowest BCUT2D eigenvalue weighted by molar-refractivity contribution is -0.0957. The summed E-state index contributed by atoms with van der Waals surface area (Å²) < 4.78 is 37.5. The van der Waals surface area contributed by atoms with E-state index < -0.39 is 17.7 Å². The van der Waals surface area contributed by atoms with E-state index in [1.165, 1.54) is 17.2 Å². The number of hydrogen-bond donors (Lipinski definition) is 1. The highest BCUT2D eigenvalue weighted by Gasteiger charge is 2.35. The van der Waals surface area contributed by atoms with Crippen molar-refractivity contribution in [1.29, 1.82) is 0 Å². The number of carbonyl (C=O) groups excluding carboxylic acids is 1. The van der Waals surface area contributed by atoms with Gasteiger partial charge in [-0.15, -0.1) is 0 Å². The van der Waals surface area contributed by atoms with Crippen LogP contribution in [0.5, 0.6) is 0 Å². The fraction of sp³-hybridized carbons (Fsp3) is 0.333. The first-order chi connectivity index (χ1) is 9.29. The van der Waals surface area contributed by atoms with Gasteiger partial charge in [0.25, 0.3) is 5.91 Å². The van der Waals surface area contributed by atoms with E-state index in [0.717, 1.165) is 6.08 Å².